The number of imidazole rings is 1. The molecule has 0 amide bonds. The fraction of sp³-hybridized carbons (Fsp3) is 0.290. The SMILES string of the molecule is CC(C)(C)c1cc(-[n+]2[c-]n(-c3cccc(Oc4cc(C(C)(C)C)c5c6ccccc6n(-c6cc(C(C)(C)c7ccccc7)ccn6)c5c4)c3)c(C(C)(C)C)c2)cc(C(C)(C)c2ccccc2)c1. The average molecular weight is 883 g/mol. The number of benzene rings is 6. The van der Waals surface area contributed by atoms with Gasteiger partial charge in [0.15, 0.2) is 0 Å². The zero-order valence-corrected chi connectivity index (χ0v) is 41.8. The molecule has 0 saturated heterocycles. The molecule has 0 unspecified atom stereocenters. The number of hydrogen-bond donors (Lipinski definition) is 0. The first-order chi connectivity index (χ1) is 31.6. The molecule has 0 aliphatic heterocycles. The van der Waals surface area contributed by atoms with E-state index in [4.69, 9.17) is 9.72 Å². The van der Waals surface area contributed by atoms with Crippen LogP contribution in [-0.2, 0) is 27.1 Å². The number of para-hydroxylation sites is 1. The third-order valence-corrected chi connectivity index (χ3v) is 13.8. The van der Waals surface area contributed by atoms with E-state index in [0.29, 0.717) is 0 Å². The van der Waals surface area contributed by atoms with Crippen LogP contribution in [0.2, 0.25) is 0 Å². The summed E-state index contributed by atoms with van der Waals surface area (Å²) >= 11 is 0. The van der Waals surface area contributed by atoms with E-state index in [1.165, 1.54) is 44.2 Å². The molecule has 3 heterocycles. The third kappa shape index (κ3) is 8.61. The molecule has 5 nitrogen and oxygen atoms in total. The van der Waals surface area contributed by atoms with E-state index in [-0.39, 0.29) is 27.1 Å². The summed E-state index contributed by atoms with van der Waals surface area (Å²) in [7, 11) is 0. The first kappa shape index (κ1) is 45.4. The summed E-state index contributed by atoms with van der Waals surface area (Å²) in [5, 5.41) is 2.41. The Morgan fingerprint density at radius 1 is 0.493 bits per heavy atom. The molecule has 0 aliphatic rings. The number of fused-ring (bicyclic) bond motifs is 3. The second kappa shape index (κ2) is 16.6. The van der Waals surface area contributed by atoms with Crippen molar-refractivity contribution < 1.29 is 9.30 Å². The predicted octanol–water partition coefficient (Wildman–Crippen LogP) is 15.4. The molecule has 3 aromatic heterocycles. The van der Waals surface area contributed by atoms with Gasteiger partial charge in [-0.05, 0) is 104 Å². The second-order valence-corrected chi connectivity index (χ2v) is 22.5. The van der Waals surface area contributed by atoms with Crippen LogP contribution in [0.5, 0.6) is 11.5 Å². The second-order valence-electron chi connectivity index (χ2n) is 22.5. The van der Waals surface area contributed by atoms with E-state index >= 15 is 0 Å². The highest BCUT2D eigenvalue weighted by molar-refractivity contribution is 6.11. The molecule has 6 aromatic carbocycles. The van der Waals surface area contributed by atoms with Crippen molar-refractivity contribution in [2.45, 2.75) is 117 Å². The Balaban J connectivity index is 1.15. The van der Waals surface area contributed by atoms with Crippen molar-refractivity contribution in [3.63, 3.8) is 0 Å². The summed E-state index contributed by atoms with van der Waals surface area (Å²) in [5.41, 5.74) is 12.0. The average Bonchev–Trinajstić information content (AvgIpc) is 3.90. The van der Waals surface area contributed by atoms with Crippen LogP contribution in [0.25, 0.3) is 39.0 Å². The van der Waals surface area contributed by atoms with Gasteiger partial charge >= 0.3 is 0 Å². The molecule has 0 radical (unpaired) electrons. The van der Waals surface area contributed by atoms with Crippen LogP contribution in [0.4, 0.5) is 0 Å². The standard InChI is InChI=1S/C62H66N4O/c1-58(2,3)45-33-46(62(12,13)43-25-18-15-19-26-43)35-48(34-45)64-40-55(60(7,8)9)65(41-64)47-27-22-28-49(37-47)67-50-38-52(59(4,5)6)57-51-29-20-21-30-53(51)66(54(57)39-50)56-36-44(31-32-63-56)61(10,11)42-23-16-14-17-24-42/h14-40H,1-13H3. The molecule has 340 valence electrons. The Bertz CT molecular complexity index is 3250. The first-order valence-electron chi connectivity index (χ1n) is 23.8. The number of rotatable bonds is 9. The Labute approximate surface area is 398 Å². The van der Waals surface area contributed by atoms with Crippen molar-refractivity contribution in [2.24, 2.45) is 0 Å². The highest BCUT2D eigenvalue weighted by atomic mass is 16.5. The quantitative estimate of drug-likeness (QED) is 0.107. The Kier molecular flexibility index (Phi) is 11.2. The zero-order chi connectivity index (χ0) is 47.7. The lowest BCUT2D eigenvalue weighted by Crippen LogP contribution is -2.31. The number of ether oxygens (including phenoxy) is 1. The predicted molar refractivity (Wildman–Crippen MR) is 278 cm³/mol. The molecule has 9 rings (SSSR count). The van der Waals surface area contributed by atoms with E-state index in [1.807, 2.05) is 6.20 Å². The van der Waals surface area contributed by atoms with Crippen molar-refractivity contribution in [1.29, 1.82) is 0 Å². The maximum absolute atomic E-state index is 7.00. The molecular formula is C62H66N4O. The summed E-state index contributed by atoms with van der Waals surface area (Å²) < 4.78 is 13.7. The third-order valence-electron chi connectivity index (χ3n) is 13.8. The Morgan fingerprint density at radius 2 is 1.12 bits per heavy atom. The molecule has 0 saturated carbocycles. The van der Waals surface area contributed by atoms with E-state index in [9.17, 15) is 0 Å². The molecule has 0 bridgehead atoms. The zero-order valence-electron chi connectivity index (χ0n) is 41.8. The molecule has 0 aliphatic carbocycles. The molecule has 0 N–H and O–H groups in total. The number of hydrogen-bond acceptors (Lipinski definition) is 2. The largest absolute Gasteiger partial charge is 0.458 e. The molecule has 0 atom stereocenters. The van der Waals surface area contributed by atoms with Crippen molar-refractivity contribution in [3.05, 3.63) is 209 Å². The van der Waals surface area contributed by atoms with Crippen LogP contribution < -0.4 is 9.30 Å². The van der Waals surface area contributed by atoms with E-state index in [0.717, 1.165) is 45.4 Å². The minimum atomic E-state index is -0.227. The Morgan fingerprint density at radius 3 is 1.76 bits per heavy atom. The Hall–Kier alpha value is -6.72. The van der Waals surface area contributed by atoms with Crippen LogP contribution in [0, 0.1) is 6.33 Å². The van der Waals surface area contributed by atoms with Crippen LogP contribution in [0.1, 0.15) is 129 Å². The maximum Gasteiger partial charge on any atom is 0.269 e. The van der Waals surface area contributed by atoms with Crippen molar-refractivity contribution in [3.8, 4) is 28.7 Å². The van der Waals surface area contributed by atoms with Gasteiger partial charge in [-0.25, -0.2) is 4.98 Å². The molecular weight excluding hydrogens is 817 g/mol. The lowest BCUT2D eigenvalue weighted by atomic mass is 9.75. The van der Waals surface area contributed by atoms with Crippen molar-refractivity contribution in [1.82, 2.24) is 14.1 Å². The highest BCUT2D eigenvalue weighted by Crippen LogP contribution is 2.43. The minimum Gasteiger partial charge on any atom is -0.458 e. The van der Waals surface area contributed by atoms with Gasteiger partial charge in [0, 0.05) is 40.1 Å². The number of nitrogens with zero attached hydrogens (tertiary/aromatic N) is 4. The van der Waals surface area contributed by atoms with Crippen LogP contribution in [0.3, 0.4) is 0 Å². The van der Waals surface area contributed by atoms with Crippen LogP contribution in [0.15, 0.2) is 164 Å². The summed E-state index contributed by atoms with van der Waals surface area (Å²) in [4.78, 5) is 5.05. The monoisotopic (exact) mass is 883 g/mol. The fourth-order valence-corrected chi connectivity index (χ4v) is 9.53. The van der Waals surface area contributed by atoms with Crippen LogP contribution in [-0.4, -0.2) is 14.1 Å². The van der Waals surface area contributed by atoms with E-state index < -0.39 is 0 Å². The number of pyridine rings is 1. The smallest absolute Gasteiger partial charge is 0.269 e. The molecule has 67 heavy (non-hydrogen) atoms. The van der Waals surface area contributed by atoms with E-state index in [1.54, 1.807) is 0 Å². The van der Waals surface area contributed by atoms with Gasteiger partial charge in [0.25, 0.3) is 6.33 Å². The first-order valence-corrected chi connectivity index (χ1v) is 23.8. The van der Waals surface area contributed by atoms with Crippen molar-refractivity contribution in [2.75, 3.05) is 0 Å². The molecule has 0 fully saturated rings. The normalized spacial score (nSPS) is 12.9. The van der Waals surface area contributed by atoms with Gasteiger partial charge in [0.05, 0.1) is 28.1 Å². The lowest BCUT2D eigenvalue weighted by molar-refractivity contribution is -0.599. The van der Waals surface area contributed by atoms with Gasteiger partial charge in [-0.2, -0.15) is 0 Å². The maximum atomic E-state index is 7.00. The summed E-state index contributed by atoms with van der Waals surface area (Å²) in [5.74, 6) is 2.40. The van der Waals surface area contributed by atoms with Gasteiger partial charge in [0.2, 0.25) is 0 Å². The fourth-order valence-electron chi connectivity index (χ4n) is 9.53. The molecule has 5 heteroatoms. The molecule has 0 spiro atoms. The van der Waals surface area contributed by atoms with Gasteiger partial charge in [-0.3, -0.25) is 13.7 Å². The van der Waals surface area contributed by atoms with Gasteiger partial charge < -0.3 is 4.74 Å². The molecule has 9 aromatic rings. The number of aromatic nitrogens is 4. The van der Waals surface area contributed by atoms with Gasteiger partial charge in [0.1, 0.15) is 17.3 Å². The highest BCUT2D eigenvalue weighted by Gasteiger charge is 2.30. The minimum absolute atomic E-state index is 0.0523. The van der Waals surface area contributed by atoms with Gasteiger partial charge in [-0.1, -0.05) is 181 Å². The summed E-state index contributed by atoms with van der Waals surface area (Å²) in [6.45, 7) is 29.8. The van der Waals surface area contributed by atoms with Crippen LogP contribution >= 0.6 is 0 Å². The van der Waals surface area contributed by atoms with Crippen molar-refractivity contribution >= 4 is 21.8 Å². The lowest BCUT2D eigenvalue weighted by Gasteiger charge is -2.30. The summed E-state index contributed by atoms with van der Waals surface area (Å²) in [6.07, 6.45) is 8.00. The topological polar surface area (TPSA) is 35.9 Å². The summed E-state index contributed by atoms with van der Waals surface area (Å²) in [6, 6.07) is 54.6. The van der Waals surface area contributed by atoms with E-state index in [2.05, 4.69) is 268 Å². The van der Waals surface area contributed by atoms with Gasteiger partial charge in [-0.15, -0.1) is 0 Å².